The Morgan fingerprint density at radius 1 is 1.20 bits per heavy atom. The predicted octanol–water partition coefficient (Wildman–Crippen LogP) is 2.90. The molecule has 134 valence electrons. The van der Waals surface area contributed by atoms with Gasteiger partial charge in [0.25, 0.3) is 0 Å². The van der Waals surface area contributed by atoms with Crippen molar-refractivity contribution in [3.05, 3.63) is 47.5 Å². The van der Waals surface area contributed by atoms with Crippen molar-refractivity contribution in [3.63, 3.8) is 0 Å². The lowest BCUT2D eigenvalue weighted by Gasteiger charge is -2.19. The zero-order valence-corrected chi connectivity index (χ0v) is 15.1. The van der Waals surface area contributed by atoms with Gasteiger partial charge >= 0.3 is 11.8 Å². The lowest BCUT2D eigenvalue weighted by molar-refractivity contribution is -0.136. The summed E-state index contributed by atoms with van der Waals surface area (Å²) in [5, 5.41) is 9.33. The number of benzene rings is 1. The standard InChI is InChI=1S/C18H23FN4O2/c1-11(13-10-23(18(3,4)5)22-12(13)2)20-16(24)17(25)21-15-9-7-6-8-14(15)19/h6-11H,1-5H3,(H,20,24)(H,21,25)/t11-/m1/s1. The van der Waals surface area contributed by atoms with E-state index in [0.717, 1.165) is 11.3 Å². The molecule has 2 N–H and O–H groups in total. The molecular weight excluding hydrogens is 323 g/mol. The summed E-state index contributed by atoms with van der Waals surface area (Å²) < 4.78 is 15.4. The third-order valence-corrected chi connectivity index (χ3v) is 3.77. The summed E-state index contributed by atoms with van der Waals surface area (Å²) in [5.41, 5.74) is 1.38. The van der Waals surface area contributed by atoms with Crippen molar-refractivity contribution in [1.29, 1.82) is 0 Å². The Balaban J connectivity index is 2.06. The first kappa shape index (κ1) is 18.6. The van der Waals surface area contributed by atoms with Crippen molar-refractivity contribution < 1.29 is 14.0 Å². The number of hydrogen-bond donors (Lipinski definition) is 2. The van der Waals surface area contributed by atoms with Crippen molar-refractivity contribution in [3.8, 4) is 0 Å². The number of nitrogens with one attached hydrogen (secondary N) is 2. The van der Waals surface area contributed by atoms with Gasteiger partial charge in [0.15, 0.2) is 0 Å². The van der Waals surface area contributed by atoms with Gasteiger partial charge in [0, 0.05) is 11.8 Å². The minimum atomic E-state index is -0.919. The van der Waals surface area contributed by atoms with E-state index in [1.54, 1.807) is 13.0 Å². The van der Waals surface area contributed by atoms with Gasteiger partial charge in [-0.25, -0.2) is 4.39 Å². The quantitative estimate of drug-likeness (QED) is 0.839. The van der Waals surface area contributed by atoms with Crippen LogP contribution < -0.4 is 10.6 Å². The zero-order chi connectivity index (χ0) is 18.8. The van der Waals surface area contributed by atoms with Gasteiger partial charge in [-0.3, -0.25) is 14.3 Å². The molecule has 1 aromatic heterocycles. The second-order valence-corrected chi connectivity index (χ2v) is 6.91. The molecule has 6 nitrogen and oxygen atoms in total. The Bertz CT molecular complexity index is 793. The van der Waals surface area contributed by atoms with Gasteiger partial charge in [0.05, 0.1) is 23.0 Å². The third-order valence-electron chi connectivity index (χ3n) is 3.77. The van der Waals surface area contributed by atoms with Crippen LogP contribution >= 0.6 is 0 Å². The molecule has 0 aliphatic heterocycles. The van der Waals surface area contributed by atoms with Crippen LogP contribution in [0, 0.1) is 12.7 Å². The highest BCUT2D eigenvalue weighted by Gasteiger charge is 2.22. The highest BCUT2D eigenvalue weighted by Crippen LogP contribution is 2.21. The molecule has 1 atom stereocenters. The molecule has 0 fully saturated rings. The summed E-state index contributed by atoms with van der Waals surface area (Å²) in [5.74, 6) is -2.35. The minimum Gasteiger partial charge on any atom is -0.341 e. The van der Waals surface area contributed by atoms with Gasteiger partial charge in [-0.05, 0) is 46.8 Å². The summed E-state index contributed by atoms with van der Waals surface area (Å²) in [6.45, 7) is 9.68. The van der Waals surface area contributed by atoms with E-state index in [-0.39, 0.29) is 11.2 Å². The van der Waals surface area contributed by atoms with Gasteiger partial charge in [0.1, 0.15) is 5.82 Å². The van der Waals surface area contributed by atoms with E-state index in [0.29, 0.717) is 0 Å². The number of rotatable bonds is 3. The SMILES string of the molecule is Cc1nn(C(C)(C)C)cc1[C@@H](C)NC(=O)C(=O)Nc1ccccc1F. The van der Waals surface area contributed by atoms with E-state index in [4.69, 9.17) is 0 Å². The van der Waals surface area contributed by atoms with Crippen molar-refractivity contribution in [2.75, 3.05) is 5.32 Å². The molecule has 0 saturated heterocycles. The summed E-state index contributed by atoms with van der Waals surface area (Å²) in [6.07, 6.45) is 1.86. The van der Waals surface area contributed by atoms with E-state index in [9.17, 15) is 14.0 Å². The average molecular weight is 346 g/mol. The summed E-state index contributed by atoms with van der Waals surface area (Å²) >= 11 is 0. The number of hydrogen-bond acceptors (Lipinski definition) is 3. The van der Waals surface area contributed by atoms with Crippen molar-refractivity contribution in [2.24, 2.45) is 0 Å². The molecule has 2 amide bonds. The zero-order valence-electron chi connectivity index (χ0n) is 15.1. The van der Waals surface area contributed by atoms with Gasteiger partial charge in [-0.15, -0.1) is 0 Å². The van der Waals surface area contributed by atoms with Gasteiger partial charge < -0.3 is 10.6 Å². The first-order valence-corrected chi connectivity index (χ1v) is 8.02. The van der Waals surface area contributed by atoms with Crippen molar-refractivity contribution >= 4 is 17.5 Å². The van der Waals surface area contributed by atoms with Crippen LogP contribution in [-0.2, 0) is 15.1 Å². The first-order valence-electron chi connectivity index (χ1n) is 8.02. The second kappa shape index (κ2) is 7.04. The Morgan fingerprint density at radius 2 is 1.84 bits per heavy atom. The summed E-state index contributed by atoms with van der Waals surface area (Å²) in [4.78, 5) is 24.1. The van der Waals surface area contributed by atoms with Gasteiger partial charge in [-0.1, -0.05) is 12.1 Å². The maximum Gasteiger partial charge on any atom is 0.313 e. The predicted molar refractivity (Wildman–Crippen MR) is 93.5 cm³/mol. The maximum atomic E-state index is 13.6. The number of aromatic nitrogens is 2. The van der Waals surface area contributed by atoms with E-state index >= 15 is 0 Å². The molecule has 0 spiro atoms. The maximum absolute atomic E-state index is 13.6. The van der Waals surface area contributed by atoms with Crippen LogP contribution in [0.15, 0.2) is 30.5 Å². The van der Waals surface area contributed by atoms with Crippen LogP contribution in [0.1, 0.15) is 45.0 Å². The molecule has 7 heteroatoms. The van der Waals surface area contributed by atoms with E-state index in [1.165, 1.54) is 18.2 Å². The molecule has 1 aromatic carbocycles. The van der Waals surface area contributed by atoms with Gasteiger partial charge in [-0.2, -0.15) is 5.10 Å². The van der Waals surface area contributed by atoms with Crippen LogP contribution in [0.4, 0.5) is 10.1 Å². The lowest BCUT2D eigenvalue weighted by Crippen LogP contribution is -2.37. The molecular formula is C18H23FN4O2. The average Bonchev–Trinajstić information content (AvgIpc) is 2.91. The summed E-state index contributed by atoms with van der Waals surface area (Å²) in [6, 6.07) is 5.27. The number of anilines is 1. The van der Waals surface area contributed by atoms with E-state index < -0.39 is 23.7 Å². The number of halogens is 1. The highest BCUT2D eigenvalue weighted by atomic mass is 19.1. The van der Waals surface area contributed by atoms with Crippen LogP contribution in [0.2, 0.25) is 0 Å². The first-order chi connectivity index (χ1) is 11.6. The molecule has 2 rings (SSSR count). The largest absolute Gasteiger partial charge is 0.341 e. The van der Waals surface area contributed by atoms with Crippen LogP contribution in [-0.4, -0.2) is 21.6 Å². The number of carbonyl (C=O) groups is 2. The topological polar surface area (TPSA) is 76.0 Å². The van der Waals surface area contributed by atoms with Crippen molar-refractivity contribution in [2.45, 2.75) is 46.2 Å². The third kappa shape index (κ3) is 4.43. The Kier molecular flexibility index (Phi) is 5.25. The number of nitrogens with zero attached hydrogens (tertiary/aromatic N) is 2. The fourth-order valence-corrected chi connectivity index (χ4v) is 2.32. The summed E-state index contributed by atoms with van der Waals surface area (Å²) in [7, 11) is 0. The number of aryl methyl sites for hydroxylation is 1. The van der Waals surface area contributed by atoms with E-state index in [1.807, 2.05) is 38.6 Å². The number of para-hydroxylation sites is 1. The number of carbonyl (C=O) groups excluding carboxylic acids is 2. The van der Waals surface area contributed by atoms with E-state index in [2.05, 4.69) is 15.7 Å². The fourth-order valence-electron chi connectivity index (χ4n) is 2.32. The molecule has 0 unspecified atom stereocenters. The van der Waals surface area contributed by atoms with Crippen LogP contribution in [0.25, 0.3) is 0 Å². The Labute approximate surface area is 146 Å². The second-order valence-electron chi connectivity index (χ2n) is 6.91. The smallest absolute Gasteiger partial charge is 0.313 e. The van der Waals surface area contributed by atoms with Gasteiger partial charge in [0.2, 0.25) is 0 Å². The molecule has 0 aliphatic rings. The monoisotopic (exact) mass is 346 g/mol. The highest BCUT2D eigenvalue weighted by molar-refractivity contribution is 6.39. The molecule has 1 heterocycles. The Morgan fingerprint density at radius 3 is 2.40 bits per heavy atom. The Hall–Kier alpha value is -2.70. The lowest BCUT2D eigenvalue weighted by atomic mass is 10.1. The number of amides is 2. The molecule has 25 heavy (non-hydrogen) atoms. The van der Waals surface area contributed by atoms with Crippen LogP contribution in [0.3, 0.4) is 0 Å². The minimum absolute atomic E-state index is 0.0352. The normalized spacial score (nSPS) is 12.6. The molecule has 0 aliphatic carbocycles. The molecule has 0 radical (unpaired) electrons. The fraction of sp³-hybridized carbons (Fsp3) is 0.389. The molecule has 2 aromatic rings. The molecule has 0 bridgehead atoms. The molecule has 0 saturated carbocycles. The van der Waals surface area contributed by atoms with Crippen molar-refractivity contribution in [1.82, 2.24) is 15.1 Å². The van der Waals surface area contributed by atoms with Crippen LogP contribution in [0.5, 0.6) is 0 Å².